The molecular formula is C10H7Br2NO2. The highest BCUT2D eigenvalue weighted by atomic mass is 79.9. The van der Waals surface area contributed by atoms with Crippen LogP contribution >= 0.6 is 31.9 Å². The van der Waals surface area contributed by atoms with E-state index in [9.17, 15) is 9.59 Å². The standard InChI is InChI=1S/C10H7Br2NO2/c11-6-1-2-8(12)9(3-6)13-5-7(14)4-10(13)15/h1-3H,4-5H2. The normalized spacial score (nSPS) is 16.3. The molecule has 0 unspecified atom stereocenters. The van der Waals surface area contributed by atoms with Crippen molar-refractivity contribution in [3.05, 3.63) is 27.1 Å². The van der Waals surface area contributed by atoms with Gasteiger partial charge < -0.3 is 4.90 Å². The number of Topliss-reactive ketones (excluding diaryl/α,β-unsaturated/α-hetero) is 1. The van der Waals surface area contributed by atoms with Crippen molar-refractivity contribution >= 4 is 49.2 Å². The largest absolute Gasteiger partial charge is 0.303 e. The lowest BCUT2D eigenvalue weighted by Crippen LogP contribution is -2.24. The minimum Gasteiger partial charge on any atom is -0.303 e. The summed E-state index contributed by atoms with van der Waals surface area (Å²) in [6.07, 6.45) is 0.0129. The van der Waals surface area contributed by atoms with Crippen molar-refractivity contribution in [3.63, 3.8) is 0 Å². The number of ketones is 1. The zero-order chi connectivity index (χ0) is 11.0. The molecule has 78 valence electrons. The predicted octanol–water partition coefficient (Wildman–Crippen LogP) is 2.52. The molecule has 0 bridgehead atoms. The van der Waals surface area contributed by atoms with Crippen LogP contribution in [0, 0.1) is 0 Å². The molecule has 0 aliphatic carbocycles. The summed E-state index contributed by atoms with van der Waals surface area (Å²) in [5.74, 6) is -0.175. The second-order valence-corrected chi connectivity index (χ2v) is 5.06. The number of anilines is 1. The van der Waals surface area contributed by atoms with E-state index in [1.165, 1.54) is 4.90 Å². The van der Waals surface area contributed by atoms with Crippen LogP contribution < -0.4 is 4.90 Å². The molecule has 0 radical (unpaired) electrons. The van der Waals surface area contributed by atoms with Gasteiger partial charge >= 0.3 is 0 Å². The number of hydrogen-bond donors (Lipinski definition) is 0. The van der Waals surface area contributed by atoms with Crippen molar-refractivity contribution < 1.29 is 9.59 Å². The second-order valence-electron chi connectivity index (χ2n) is 3.29. The van der Waals surface area contributed by atoms with Gasteiger partial charge in [-0.3, -0.25) is 9.59 Å². The Balaban J connectivity index is 2.41. The maximum absolute atomic E-state index is 11.5. The number of amides is 1. The van der Waals surface area contributed by atoms with Gasteiger partial charge in [0.15, 0.2) is 5.78 Å². The zero-order valence-corrected chi connectivity index (χ0v) is 10.8. The van der Waals surface area contributed by atoms with E-state index >= 15 is 0 Å². The molecule has 1 saturated heterocycles. The van der Waals surface area contributed by atoms with Crippen molar-refractivity contribution in [1.82, 2.24) is 0 Å². The summed E-state index contributed by atoms with van der Waals surface area (Å²) in [6, 6.07) is 5.53. The smallest absolute Gasteiger partial charge is 0.234 e. The van der Waals surface area contributed by atoms with Crippen molar-refractivity contribution in [2.75, 3.05) is 11.4 Å². The number of carbonyl (C=O) groups excluding carboxylic acids is 2. The molecule has 1 aliphatic heterocycles. The van der Waals surface area contributed by atoms with Gasteiger partial charge in [0.2, 0.25) is 5.91 Å². The highest BCUT2D eigenvalue weighted by Crippen LogP contribution is 2.31. The minimum absolute atomic E-state index is 0.0129. The van der Waals surface area contributed by atoms with E-state index in [2.05, 4.69) is 31.9 Å². The zero-order valence-electron chi connectivity index (χ0n) is 7.67. The number of rotatable bonds is 1. The average Bonchev–Trinajstić information content (AvgIpc) is 2.50. The van der Waals surface area contributed by atoms with E-state index in [4.69, 9.17) is 0 Å². The monoisotopic (exact) mass is 331 g/mol. The van der Waals surface area contributed by atoms with Crippen LogP contribution in [0.3, 0.4) is 0 Å². The predicted molar refractivity (Wildman–Crippen MR) is 63.8 cm³/mol. The lowest BCUT2D eigenvalue weighted by atomic mass is 10.3. The SMILES string of the molecule is O=C1CC(=O)N(c2cc(Br)ccc2Br)C1. The van der Waals surface area contributed by atoms with E-state index in [0.717, 1.165) is 14.6 Å². The molecular weight excluding hydrogens is 326 g/mol. The molecule has 0 spiro atoms. The fourth-order valence-corrected chi connectivity index (χ4v) is 2.31. The van der Waals surface area contributed by atoms with Gasteiger partial charge in [-0.05, 0) is 34.1 Å². The molecule has 1 amide bonds. The van der Waals surface area contributed by atoms with Crippen LogP contribution in [0.1, 0.15) is 6.42 Å². The highest BCUT2D eigenvalue weighted by Gasteiger charge is 2.29. The van der Waals surface area contributed by atoms with Gasteiger partial charge in [0.1, 0.15) is 0 Å². The molecule has 1 heterocycles. The number of benzene rings is 1. The Morgan fingerprint density at radius 1 is 1.20 bits per heavy atom. The average molecular weight is 333 g/mol. The first-order chi connectivity index (χ1) is 7.08. The summed E-state index contributed by atoms with van der Waals surface area (Å²) < 4.78 is 1.70. The van der Waals surface area contributed by atoms with E-state index < -0.39 is 0 Å². The Kier molecular flexibility index (Phi) is 2.93. The van der Waals surface area contributed by atoms with Crippen LogP contribution in [0.15, 0.2) is 27.1 Å². The molecule has 0 saturated carbocycles. The summed E-state index contributed by atoms with van der Waals surface area (Å²) >= 11 is 6.70. The van der Waals surface area contributed by atoms with E-state index in [-0.39, 0.29) is 24.7 Å². The molecule has 15 heavy (non-hydrogen) atoms. The quantitative estimate of drug-likeness (QED) is 0.741. The van der Waals surface area contributed by atoms with Crippen molar-refractivity contribution in [1.29, 1.82) is 0 Å². The van der Waals surface area contributed by atoms with Crippen molar-refractivity contribution in [3.8, 4) is 0 Å². The number of halogens is 2. The Morgan fingerprint density at radius 3 is 2.53 bits per heavy atom. The second kappa shape index (κ2) is 4.06. The fraction of sp³-hybridized carbons (Fsp3) is 0.200. The van der Waals surface area contributed by atoms with Crippen molar-refractivity contribution in [2.45, 2.75) is 6.42 Å². The lowest BCUT2D eigenvalue weighted by molar-refractivity contribution is -0.121. The third kappa shape index (κ3) is 2.13. The van der Waals surface area contributed by atoms with Gasteiger partial charge in [0.25, 0.3) is 0 Å². The highest BCUT2D eigenvalue weighted by molar-refractivity contribution is 9.11. The van der Waals surface area contributed by atoms with E-state index in [0.29, 0.717) is 0 Å². The maximum Gasteiger partial charge on any atom is 0.234 e. The number of hydrogen-bond acceptors (Lipinski definition) is 2. The molecule has 3 nitrogen and oxygen atoms in total. The first-order valence-corrected chi connectivity index (χ1v) is 5.93. The van der Waals surface area contributed by atoms with Crippen LogP contribution in [0.2, 0.25) is 0 Å². The maximum atomic E-state index is 11.5. The topological polar surface area (TPSA) is 37.4 Å². The van der Waals surface area contributed by atoms with Crippen LogP contribution in [0.4, 0.5) is 5.69 Å². The van der Waals surface area contributed by atoms with E-state index in [1.54, 1.807) is 0 Å². The first-order valence-electron chi connectivity index (χ1n) is 4.35. The molecule has 1 fully saturated rings. The summed E-state index contributed by atoms with van der Waals surface area (Å²) in [7, 11) is 0. The molecule has 0 atom stereocenters. The molecule has 2 rings (SSSR count). The van der Waals surface area contributed by atoms with Gasteiger partial charge in [-0.25, -0.2) is 0 Å². The molecule has 1 aromatic carbocycles. The third-order valence-electron chi connectivity index (χ3n) is 2.18. The lowest BCUT2D eigenvalue weighted by Gasteiger charge is -2.16. The summed E-state index contributed by atoms with van der Waals surface area (Å²) in [5.41, 5.74) is 0.736. The van der Waals surface area contributed by atoms with Gasteiger partial charge in [-0.15, -0.1) is 0 Å². The Labute approximate surface area is 104 Å². The summed E-state index contributed by atoms with van der Waals surface area (Å²) in [6.45, 7) is 0.174. The summed E-state index contributed by atoms with van der Waals surface area (Å²) in [4.78, 5) is 24.2. The molecule has 1 aliphatic rings. The number of nitrogens with zero attached hydrogens (tertiary/aromatic N) is 1. The molecule has 1 aromatic rings. The molecule has 5 heteroatoms. The van der Waals surface area contributed by atoms with E-state index in [1.807, 2.05) is 18.2 Å². The van der Waals surface area contributed by atoms with Crippen LogP contribution in [0.25, 0.3) is 0 Å². The minimum atomic E-state index is -0.140. The van der Waals surface area contributed by atoms with Gasteiger partial charge in [-0.1, -0.05) is 15.9 Å². The van der Waals surface area contributed by atoms with Gasteiger partial charge in [-0.2, -0.15) is 0 Å². The van der Waals surface area contributed by atoms with Crippen LogP contribution in [0.5, 0.6) is 0 Å². The fourth-order valence-electron chi connectivity index (χ4n) is 1.50. The Bertz CT molecular complexity index is 445. The molecule has 0 aromatic heterocycles. The summed E-state index contributed by atoms with van der Waals surface area (Å²) in [5, 5.41) is 0. The first kappa shape index (κ1) is 10.8. The van der Waals surface area contributed by atoms with Gasteiger partial charge in [0.05, 0.1) is 18.7 Å². The number of carbonyl (C=O) groups is 2. The van der Waals surface area contributed by atoms with Crippen LogP contribution in [-0.2, 0) is 9.59 Å². The molecule has 0 N–H and O–H groups in total. The Hall–Kier alpha value is -0.680. The van der Waals surface area contributed by atoms with Crippen LogP contribution in [-0.4, -0.2) is 18.2 Å². The van der Waals surface area contributed by atoms with Crippen molar-refractivity contribution in [2.24, 2.45) is 0 Å². The Morgan fingerprint density at radius 2 is 1.93 bits per heavy atom. The van der Waals surface area contributed by atoms with Gasteiger partial charge in [0, 0.05) is 8.95 Å². The third-order valence-corrected chi connectivity index (χ3v) is 3.35.